The summed E-state index contributed by atoms with van der Waals surface area (Å²) in [6.07, 6.45) is 2.70. The number of hydrogen-bond acceptors (Lipinski definition) is 3. The third kappa shape index (κ3) is 3.48. The summed E-state index contributed by atoms with van der Waals surface area (Å²) in [5, 5.41) is 3.51. The van der Waals surface area contributed by atoms with E-state index >= 15 is 0 Å². The second-order valence-corrected chi connectivity index (χ2v) is 5.87. The number of rotatable bonds is 4. The summed E-state index contributed by atoms with van der Waals surface area (Å²) in [4.78, 5) is 2.55. The van der Waals surface area contributed by atoms with E-state index in [0.717, 1.165) is 12.2 Å². The highest BCUT2D eigenvalue weighted by molar-refractivity contribution is 14.1. The van der Waals surface area contributed by atoms with Crippen molar-refractivity contribution in [2.75, 3.05) is 30.7 Å². The number of anilines is 2. The fraction of sp³-hybridized carbons (Fsp3) is 0.538. The average Bonchev–Trinajstić information content (AvgIpc) is 2.81. The first kappa shape index (κ1) is 13.0. The molecule has 0 amide bonds. The predicted octanol–water partition coefficient (Wildman–Crippen LogP) is 2.77. The van der Waals surface area contributed by atoms with Crippen molar-refractivity contribution in [3.05, 3.63) is 21.8 Å². The van der Waals surface area contributed by atoms with Crippen LogP contribution in [0.15, 0.2) is 18.2 Å². The van der Waals surface area contributed by atoms with Crippen LogP contribution in [0, 0.1) is 3.57 Å². The number of halogens is 1. The molecule has 1 unspecified atom stereocenters. The van der Waals surface area contributed by atoms with Gasteiger partial charge in [0.25, 0.3) is 0 Å². The van der Waals surface area contributed by atoms with Crippen LogP contribution in [0.25, 0.3) is 0 Å². The predicted molar refractivity (Wildman–Crippen MR) is 82.3 cm³/mol. The molecule has 1 fully saturated rings. The third-order valence-electron chi connectivity index (χ3n) is 3.35. The number of hydrogen-bond donors (Lipinski definition) is 2. The molecule has 17 heavy (non-hydrogen) atoms. The lowest BCUT2D eigenvalue weighted by Gasteiger charge is -2.24. The molecule has 0 spiro atoms. The van der Waals surface area contributed by atoms with Gasteiger partial charge in [0.15, 0.2) is 0 Å². The van der Waals surface area contributed by atoms with Crippen molar-refractivity contribution >= 4 is 34.0 Å². The Labute approximate surface area is 117 Å². The van der Waals surface area contributed by atoms with E-state index in [1.54, 1.807) is 0 Å². The summed E-state index contributed by atoms with van der Waals surface area (Å²) in [6.45, 7) is 5.80. The van der Waals surface area contributed by atoms with E-state index in [1.165, 1.54) is 35.2 Å². The molecule has 0 saturated carbocycles. The zero-order chi connectivity index (χ0) is 12.3. The van der Waals surface area contributed by atoms with Crippen LogP contribution in [0.1, 0.15) is 19.8 Å². The highest BCUT2D eigenvalue weighted by atomic mass is 127. The van der Waals surface area contributed by atoms with E-state index in [-0.39, 0.29) is 0 Å². The van der Waals surface area contributed by atoms with Gasteiger partial charge in [-0.25, -0.2) is 0 Å². The maximum absolute atomic E-state index is 5.74. The maximum atomic E-state index is 5.74. The monoisotopic (exact) mass is 345 g/mol. The Balaban J connectivity index is 1.88. The lowest BCUT2D eigenvalue weighted by atomic mass is 10.2. The SMILES string of the molecule is CC(CNc1ccc(N)cc1I)N1CCCC1. The first-order chi connectivity index (χ1) is 8.16. The number of nitrogens with two attached hydrogens (primary N) is 1. The van der Waals surface area contributed by atoms with Gasteiger partial charge in [0, 0.05) is 27.5 Å². The molecule has 1 saturated heterocycles. The fourth-order valence-electron chi connectivity index (χ4n) is 2.24. The minimum atomic E-state index is 0.603. The Morgan fingerprint density at radius 1 is 1.41 bits per heavy atom. The van der Waals surface area contributed by atoms with Gasteiger partial charge < -0.3 is 11.1 Å². The maximum Gasteiger partial charge on any atom is 0.0477 e. The first-order valence-corrected chi connectivity index (χ1v) is 7.27. The van der Waals surface area contributed by atoms with Gasteiger partial charge in [0.1, 0.15) is 0 Å². The standard InChI is InChI=1S/C13H20IN3/c1-10(17-6-2-3-7-17)9-16-13-5-4-11(15)8-12(13)14/h4-5,8,10,16H,2-3,6-7,9,15H2,1H3. The topological polar surface area (TPSA) is 41.3 Å². The van der Waals surface area contributed by atoms with Crippen molar-refractivity contribution in [1.82, 2.24) is 4.90 Å². The van der Waals surface area contributed by atoms with Crippen molar-refractivity contribution in [2.45, 2.75) is 25.8 Å². The van der Waals surface area contributed by atoms with Gasteiger partial charge in [-0.05, 0) is 73.6 Å². The molecule has 1 aliphatic heterocycles. The third-order valence-corrected chi connectivity index (χ3v) is 4.24. The van der Waals surface area contributed by atoms with Crippen molar-refractivity contribution in [3.8, 4) is 0 Å². The van der Waals surface area contributed by atoms with E-state index < -0.39 is 0 Å². The number of benzene rings is 1. The number of nitrogens with one attached hydrogen (secondary N) is 1. The molecule has 0 aliphatic carbocycles. The van der Waals surface area contributed by atoms with Crippen LogP contribution in [-0.4, -0.2) is 30.6 Å². The minimum absolute atomic E-state index is 0.603. The Bertz CT molecular complexity index is 375. The zero-order valence-corrected chi connectivity index (χ0v) is 12.4. The van der Waals surface area contributed by atoms with Crippen LogP contribution in [0.3, 0.4) is 0 Å². The summed E-state index contributed by atoms with van der Waals surface area (Å²) < 4.78 is 1.19. The highest BCUT2D eigenvalue weighted by Gasteiger charge is 2.17. The zero-order valence-electron chi connectivity index (χ0n) is 10.2. The fourth-order valence-corrected chi connectivity index (χ4v) is 2.97. The van der Waals surface area contributed by atoms with E-state index in [2.05, 4.69) is 45.8 Å². The molecule has 3 N–H and O–H groups in total. The molecule has 1 aromatic rings. The Hall–Kier alpha value is -0.490. The Morgan fingerprint density at radius 2 is 2.12 bits per heavy atom. The molecule has 0 radical (unpaired) electrons. The lowest BCUT2D eigenvalue weighted by Crippen LogP contribution is -2.35. The van der Waals surface area contributed by atoms with Gasteiger partial charge in [0.05, 0.1) is 0 Å². The highest BCUT2D eigenvalue weighted by Crippen LogP contribution is 2.21. The summed E-state index contributed by atoms with van der Waals surface area (Å²) in [6, 6.07) is 6.62. The van der Waals surface area contributed by atoms with Crippen LogP contribution in [0.5, 0.6) is 0 Å². The summed E-state index contributed by atoms with van der Waals surface area (Å²) in [7, 11) is 0. The van der Waals surface area contributed by atoms with Crippen molar-refractivity contribution in [1.29, 1.82) is 0 Å². The molecule has 1 heterocycles. The van der Waals surface area contributed by atoms with Crippen LogP contribution in [-0.2, 0) is 0 Å². The summed E-state index contributed by atoms with van der Waals surface area (Å²) in [5.41, 5.74) is 7.75. The van der Waals surface area contributed by atoms with Gasteiger partial charge in [0.2, 0.25) is 0 Å². The second-order valence-electron chi connectivity index (χ2n) is 4.71. The van der Waals surface area contributed by atoms with Crippen LogP contribution in [0.4, 0.5) is 11.4 Å². The largest absolute Gasteiger partial charge is 0.399 e. The smallest absolute Gasteiger partial charge is 0.0477 e. The molecule has 2 rings (SSSR count). The van der Waals surface area contributed by atoms with Gasteiger partial charge in [-0.1, -0.05) is 0 Å². The van der Waals surface area contributed by atoms with Gasteiger partial charge >= 0.3 is 0 Å². The molecule has 4 heteroatoms. The van der Waals surface area contributed by atoms with E-state index in [4.69, 9.17) is 5.73 Å². The van der Waals surface area contributed by atoms with Crippen molar-refractivity contribution in [3.63, 3.8) is 0 Å². The van der Waals surface area contributed by atoms with Gasteiger partial charge in [-0.2, -0.15) is 0 Å². The Kier molecular flexibility index (Phi) is 4.50. The molecule has 0 bridgehead atoms. The molecule has 1 aliphatic rings. The van der Waals surface area contributed by atoms with Crippen LogP contribution >= 0.6 is 22.6 Å². The molecule has 1 atom stereocenters. The van der Waals surface area contributed by atoms with Crippen molar-refractivity contribution < 1.29 is 0 Å². The van der Waals surface area contributed by atoms with Crippen molar-refractivity contribution in [2.24, 2.45) is 0 Å². The molecular formula is C13H20IN3. The van der Waals surface area contributed by atoms with Crippen LogP contribution in [0.2, 0.25) is 0 Å². The average molecular weight is 345 g/mol. The molecule has 0 aromatic heterocycles. The second kappa shape index (κ2) is 5.91. The molecule has 1 aromatic carbocycles. The number of nitrogens with zero attached hydrogens (tertiary/aromatic N) is 1. The number of nitrogen functional groups attached to an aromatic ring is 1. The number of likely N-dealkylation sites (tertiary alicyclic amines) is 1. The van der Waals surface area contributed by atoms with Gasteiger partial charge in [-0.15, -0.1) is 0 Å². The quantitative estimate of drug-likeness (QED) is 0.651. The molecule has 3 nitrogen and oxygen atoms in total. The van der Waals surface area contributed by atoms with Crippen LogP contribution < -0.4 is 11.1 Å². The molecular weight excluding hydrogens is 325 g/mol. The summed E-state index contributed by atoms with van der Waals surface area (Å²) in [5.74, 6) is 0. The summed E-state index contributed by atoms with van der Waals surface area (Å²) >= 11 is 2.32. The normalized spacial score (nSPS) is 18.2. The van der Waals surface area contributed by atoms with E-state index in [0.29, 0.717) is 6.04 Å². The van der Waals surface area contributed by atoms with E-state index in [1.807, 2.05) is 12.1 Å². The van der Waals surface area contributed by atoms with Gasteiger partial charge in [-0.3, -0.25) is 4.90 Å². The molecule has 94 valence electrons. The lowest BCUT2D eigenvalue weighted by molar-refractivity contribution is 0.269. The first-order valence-electron chi connectivity index (χ1n) is 6.20. The minimum Gasteiger partial charge on any atom is -0.399 e. The Morgan fingerprint density at radius 3 is 2.76 bits per heavy atom. The van der Waals surface area contributed by atoms with E-state index in [9.17, 15) is 0 Å².